The molecule has 0 spiro atoms. The predicted molar refractivity (Wildman–Crippen MR) is 106 cm³/mol. The standard InChI is InChI=1S/C15H32N4O4.HI/c1-15(2,3)23-14(20)19-9-8-18-13(16-4)17-7-6-10-22-12-11-21-5;/h6-12H2,1-5H3,(H,19,20)(H2,16,17,18);1H. The number of guanidine groups is 1. The summed E-state index contributed by atoms with van der Waals surface area (Å²) in [7, 11) is 3.35. The van der Waals surface area contributed by atoms with E-state index in [9.17, 15) is 4.79 Å². The number of ether oxygens (including phenoxy) is 3. The van der Waals surface area contributed by atoms with Crippen LogP contribution in [0.15, 0.2) is 4.99 Å². The van der Waals surface area contributed by atoms with Crippen molar-refractivity contribution in [2.45, 2.75) is 32.8 Å². The first kappa shape index (κ1) is 25.4. The van der Waals surface area contributed by atoms with Gasteiger partial charge in [-0.2, -0.15) is 0 Å². The van der Waals surface area contributed by atoms with Gasteiger partial charge in [0.05, 0.1) is 13.2 Å². The highest BCUT2D eigenvalue weighted by Crippen LogP contribution is 2.05. The molecule has 9 heteroatoms. The van der Waals surface area contributed by atoms with Crippen LogP contribution in [0, 0.1) is 0 Å². The molecule has 0 unspecified atom stereocenters. The summed E-state index contributed by atoms with van der Waals surface area (Å²) < 4.78 is 15.4. The van der Waals surface area contributed by atoms with Crippen LogP contribution >= 0.6 is 24.0 Å². The zero-order chi connectivity index (χ0) is 17.6. The molecule has 8 nitrogen and oxygen atoms in total. The van der Waals surface area contributed by atoms with Crippen LogP contribution in [-0.2, 0) is 14.2 Å². The van der Waals surface area contributed by atoms with E-state index in [0.717, 1.165) is 13.0 Å². The number of halogens is 1. The smallest absolute Gasteiger partial charge is 0.407 e. The Morgan fingerprint density at radius 3 is 2.21 bits per heavy atom. The van der Waals surface area contributed by atoms with E-state index in [1.165, 1.54) is 0 Å². The molecule has 144 valence electrons. The number of methoxy groups -OCH3 is 1. The van der Waals surface area contributed by atoms with Crippen molar-refractivity contribution in [2.24, 2.45) is 4.99 Å². The number of hydrogen-bond donors (Lipinski definition) is 3. The third-order valence-corrected chi connectivity index (χ3v) is 2.50. The van der Waals surface area contributed by atoms with Gasteiger partial charge < -0.3 is 30.2 Å². The lowest BCUT2D eigenvalue weighted by molar-refractivity contribution is 0.0529. The Labute approximate surface area is 162 Å². The Bertz CT molecular complexity index is 349. The monoisotopic (exact) mass is 460 g/mol. The van der Waals surface area contributed by atoms with Crippen molar-refractivity contribution in [3.05, 3.63) is 0 Å². The van der Waals surface area contributed by atoms with Crippen molar-refractivity contribution >= 4 is 36.0 Å². The number of carbonyl (C=O) groups excluding carboxylic acids is 1. The number of carbonyl (C=O) groups is 1. The molecule has 0 aromatic heterocycles. The quantitative estimate of drug-likeness (QED) is 0.197. The molecular formula is C15H33IN4O4. The summed E-state index contributed by atoms with van der Waals surface area (Å²) in [5.74, 6) is 0.688. The maximum Gasteiger partial charge on any atom is 0.407 e. The molecule has 0 atom stereocenters. The van der Waals surface area contributed by atoms with Crippen molar-refractivity contribution in [3.63, 3.8) is 0 Å². The molecule has 0 aromatic carbocycles. The van der Waals surface area contributed by atoms with Crippen LogP contribution in [-0.4, -0.2) is 71.3 Å². The second-order valence-electron chi connectivity index (χ2n) is 5.81. The normalized spacial score (nSPS) is 11.5. The first-order chi connectivity index (χ1) is 10.9. The molecule has 1 amide bonds. The summed E-state index contributed by atoms with van der Waals surface area (Å²) in [5.41, 5.74) is -0.486. The van der Waals surface area contributed by atoms with Gasteiger partial charge in [0.15, 0.2) is 5.96 Å². The van der Waals surface area contributed by atoms with Gasteiger partial charge in [-0.1, -0.05) is 0 Å². The van der Waals surface area contributed by atoms with Gasteiger partial charge >= 0.3 is 6.09 Å². The number of nitrogens with zero attached hydrogens (tertiary/aromatic N) is 1. The summed E-state index contributed by atoms with van der Waals surface area (Å²) >= 11 is 0. The maximum atomic E-state index is 11.5. The van der Waals surface area contributed by atoms with E-state index in [4.69, 9.17) is 14.2 Å². The minimum atomic E-state index is -0.486. The van der Waals surface area contributed by atoms with Gasteiger partial charge in [0, 0.05) is 40.4 Å². The van der Waals surface area contributed by atoms with E-state index >= 15 is 0 Å². The van der Waals surface area contributed by atoms with E-state index in [1.54, 1.807) is 14.2 Å². The second-order valence-corrected chi connectivity index (χ2v) is 5.81. The minimum Gasteiger partial charge on any atom is -0.444 e. The van der Waals surface area contributed by atoms with Crippen LogP contribution in [0.3, 0.4) is 0 Å². The summed E-state index contributed by atoms with van der Waals surface area (Å²) in [6.45, 7) is 9.15. The van der Waals surface area contributed by atoms with E-state index in [2.05, 4.69) is 20.9 Å². The minimum absolute atomic E-state index is 0. The van der Waals surface area contributed by atoms with Crippen molar-refractivity contribution in [3.8, 4) is 0 Å². The predicted octanol–water partition coefficient (Wildman–Crippen LogP) is 1.35. The van der Waals surface area contributed by atoms with E-state index < -0.39 is 11.7 Å². The van der Waals surface area contributed by atoms with E-state index in [1.807, 2.05) is 20.8 Å². The Kier molecular flexibility index (Phi) is 16.6. The van der Waals surface area contributed by atoms with Gasteiger partial charge in [0.2, 0.25) is 0 Å². The number of hydrogen-bond acceptors (Lipinski definition) is 5. The van der Waals surface area contributed by atoms with Gasteiger partial charge in [0.1, 0.15) is 5.60 Å². The summed E-state index contributed by atoms with van der Waals surface area (Å²) in [5, 5.41) is 8.95. The Hall–Kier alpha value is -0.810. The fourth-order valence-electron chi connectivity index (χ4n) is 1.51. The second kappa shape index (κ2) is 15.7. The molecule has 0 aromatic rings. The summed E-state index contributed by atoms with van der Waals surface area (Å²) in [4.78, 5) is 15.6. The SMILES string of the molecule is CN=C(NCCCOCCOC)NCCNC(=O)OC(C)(C)C.I. The third-order valence-electron chi connectivity index (χ3n) is 2.50. The summed E-state index contributed by atoms with van der Waals surface area (Å²) in [6, 6.07) is 0. The van der Waals surface area contributed by atoms with Crippen LogP contribution in [0.4, 0.5) is 4.79 Å². The van der Waals surface area contributed by atoms with Crippen LogP contribution in [0.25, 0.3) is 0 Å². The first-order valence-corrected chi connectivity index (χ1v) is 7.87. The van der Waals surface area contributed by atoms with Gasteiger partial charge in [-0.05, 0) is 27.2 Å². The molecule has 0 aliphatic rings. The first-order valence-electron chi connectivity index (χ1n) is 7.87. The zero-order valence-corrected chi connectivity index (χ0v) is 17.8. The fraction of sp³-hybridized carbons (Fsp3) is 0.867. The van der Waals surface area contributed by atoms with Gasteiger partial charge in [-0.15, -0.1) is 24.0 Å². The van der Waals surface area contributed by atoms with Crippen molar-refractivity contribution in [1.82, 2.24) is 16.0 Å². The molecule has 0 aliphatic carbocycles. The number of aliphatic imine (C=N–C) groups is 1. The average molecular weight is 460 g/mol. The Morgan fingerprint density at radius 2 is 1.62 bits per heavy atom. The van der Waals surface area contributed by atoms with Crippen LogP contribution in [0.1, 0.15) is 27.2 Å². The Morgan fingerprint density at radius 1 is 1.00 bits per heavy atom. The van der Waals surface area contributed by atoms with E-state index in [0.29, 0.717) is 38.9 Å². The van der Waals surface area contributed by atoms with Crippen molar-refractivity contribution in [2.75, 3.05) is 53.6 Å². The largest absolute Gasteiger partial charge is 0.444 e. The molecule has 0 radical (unpaired) electrons. The number of alkyl carbamates (subject to hydrolysis) is 1. The molecule has 0 saturated carbocycles. The third kappa shape index (κ3) is 17.5. The highest BCUT2D eigenvalue weighted by atomic mass is 127. The number of rotatable bonds is 10. The molecule has 24 heavy (non-hydrogen) atoms. The van der Waals surface area contributed by atoms with Crippen LogP contribution in [0.2, 0.25) is 0 Å². The fourth-order valence-corrected chi connectivity index (χ4v) is 1.51. The topological polar surface area (TPSA) is 93.2 Å². The lowest BCUT2D eigenvalue weighted by Gasteiger charge is -2.19. The Balaban J connectivity index is 0. The number of nitrogens with one attached hydrogen (secondary N) is 3. The lowest BCUT2D eigenvalue weighted by atomic mass is 10.2. The lowest BCUT2D eigenvalue weighted by Crippen LogP contribution is -2.42. The molecule has 0 aliphatic heterocycles. The van der Waals surface area contributed by atoms with Crippen molar-refractivity contribution < 1.29 is 19.0 Å². The van der Waals surface area contributed by atoms with Gasteiger partial charge in [0.25, 0.3) is 0 Å². The molecule has 0 fully saturated rings. The molecule has 0 heterocycles. The van der Waals surface area contributed by atoms with Gasteiger partial charge in [-0.3, -0.25) is 4.99 Å². The van der Waals surface area contributed by atoms with Crippen molar-refractivity contribution in [1.29, 1.82) is 0 Å². The van der Waals surface area contributed by atoms with E-state index in [-0.39, 0.29) is 24.0 Å². The number of amides is 1. The zero-order valence-electron chi connectivity index (χ0n) is 15.4. The molecule has 0 rings (SSSR count). The van der Waals surface area contributed by atoms with Crippen LogP contribution in [0.5, 0.6) is 0 Å². The summed E-state index contributed by atoms with van der Waals surface area (Å²) in [6.07, 6.45) is 0.455. The van der Waals surface area contributed by atoms with Crippen LogP contribution < -0.4 is 16.0 Å². The highest BCUT2D eigenvalue weighted by Gasteiger charge is 2.15. The molecule has 3 N–H and O–H groups in total. The molecular weight excluding hydrogens is 427 g/mol. The maximum absolute atomic E-state index is 11.5. The molecule has 0 saturated heterocycles. The highest BCUT2D eigenvalue weighted by molar-refractivity contribution is 14.0. The van der Waals surface area contributed by atoms with Gasteiger partial charge in [-0.25, -0.2) is 4.79 Å². The average Bonchev–Trinajstić information content (AvgIpc) is 2.46. The molecule has 0 bridgehead atoms.